The minimum absolute atomic E-state index is 0.121. The second-order valence-electron chi connectivity index (χ2n) is 11.2. The summed E-state index contributed by atoms with van der Waals surface area (Å²) in [5, 5.41) is 0.420. The van der Waals surface area contributed by atoms with Crippen LogP contribution in [0, 0.1) is 5.92 Å². The Morgan fingerprint density at radius 1 is 1.21 bits per heavy atom. The van der Waals surface area contributed by atoms with Crippen LogP contribution in [0.25, 0.3) is 11.0 Å². The number of anilines is 1. The minimum Gasteiger partial charge on any atom is -0.488 e. The first kappa shape index (κ1) is 25.9. The zero-order valence-electron chi connectivity index (χ0n) is 22.3. The third kappa shape index (κ3) is 5.17. The van der Waals surface area contributed by atoms with Crippen LogP contribution in [0.3, 0.4) is 0 Å². The number of hydrogen-bond donors (Lipinski definition) is 2. The van der Waals surface area contributed by atoms with Gasteiger partial charge in [0, 0.05) is 36.8 Å². The van der Waals surface area contributed by atoms with E-state index in [1.165, 1.54) is 4.90 Å². The maximum atomic E-state index is 13.0. The highest BCUT2D eigenvalue weighted by Gasteiger charge is 2.45. The molecular weight excluding hydrogens is 518 g/mol. The van der Waals surface area contributed by atoms with Gasteiger partial charge in [0.05, 0.1) is 17.9 Å². The predicted octanol–water partition coefficient (Wildman–Crippen LogP) is 3.43. The minimum atomic E-state index is -3.54. The first-order valence-electron chi connectivity index (χ1n) is 13.6. The van der Waals surface area contributed by atoms with E-state index in [0.717, 1.165) is 59.5 Å². The van der Waals surface area contributed by atoms with E-state index in [-0.39, 0.29) is 31.8 Å². The Morgan fingerprint density at radius 3 is 2.72 bits per heavy atom. The van der Waals surface area contributed by atoms with Gasteiger partial charge in [0.1, 0.15) is 24.1 Å². The Hall–Kier alpha value is -3.31. The fourth-order valence-electron chi connectivity index (χ4n) is 5.63. The molecule has 1 aliphatic carbocycles. The van der Waals surface area contributed by atoms with Crippen molar-refractivity contribution in [2.75, 3.05) is 31.1 Å². The lowest BCUT2D eigenvalue weighted by Crippen LogP contribution is -2.62. The number of pyridine rings is 1. The van der Waals surface area contributed by atoms with Gasteiger partial charge >= 0.3 is 6.09 Å². The highest BCUT2D eigenvalue weighted by atomic mass is 32.2. The number of carbonyl (C=O) groups is 1. The van der Waals surface area contributed by atoms with E-state index in [0.29, 0.717) is 12.5 Å². The maximum absolute atomic E-state index is 13.0. The third-order valence-electron chi connectivity index (χ3n) is 7.81. The quantitative estimate of drug-likeness (QED) is 0.439. The molecule has 39 heavy (non-hydrogen) atoms. The predicted molar refractivity (Wildman–Crippen MR) is 148 cm³/mol. The zero-order valence-corrected chi connectivity index (χ0v) is 23.1. The second kappa shape index (κ2) is 10.3. The Balaban J connectivity index is 1.05. The molecule has 4 heterocycles. The van der Waals surface area contributed by atoms with Crippen molar-refractivity contribution in [1.29, 1.82) is 0 Å². The monoisotopic (exact) mass is 553 g/mol. The van der Waals surface area contributed by atoms with Gasteiger partial charge in [-0.1, -0.05) is 44.2 Å². The lowest BCUT2D eigenvalue weighted by Gasteiger charge is -2.47. The lowest BCUT2D eigenvalue weighted by atomic mass is 9.85. The number of ether oxygens (including phenoxy) is 2. The van der Waals surface area contributed by atoms with Gasteiger partial charge in [-0.3, -0.25) is 0 Å². The Labute approximate surface area is 228 Å². The van der Waals surface area contributed by atoms with Gasteiger partial charge in [-0.2, -0.15) is 0 Å². The Morgan fingerprint density at radius 2 is 1.97 bits per heavy atom. The van der Waals surface area contributed by atoms with Gasteiger partial charge in [-0.25, -0.2) is 22.9 Å². The second-order valence-corrected chi connectivity index (χ2v) is 13.2. The van der Waals surface area contributed by atoms with Gasteiger partial charge in [-0.15, -0.1) is 0 Å². The number of fused-ring (bicyclic) bond motifs is 3. The number of benzene rings is 1. The summed E-state index contributed by atoms with van der Waals surface area (Å²) in [6.45, 7) is 6.15. The van der Waals surface area contributed by atoms with Crippen molar-refractivity contribution in [3.8, 4) is 5.75 Å². The summed E-state index contributed by atoms with van der Waals surface area (Å²) in [4.78, 5) is 24.2. The molecule has 1 aromatic carbocycles. The molecule has 11 heteroatoms. The van der Waals surface area contributed by atoms with Crippen LogP contribution in [0.4, 0.5) is 10.5 Å². The average Bonchev–Trinajstić information content (AvgIpc) is 3.32. The summed E-state index contributed by atoms with van der Waals surface area (Å²) in [6.07, 6.45) is 3.70. The molecule has 6 rings (SSSR count). The number of amides is 1. The molecule has 1 amide bonds. The highest BCUT2D eigenvalue weighted by Crippen LogP contribution is 2.44. The van der Waals surface area contributed by atoms with Crippen molar-refractivity contribution < 1.29 is 22.7 Å². The van der Waals surface area contributed by atoms with Crippen molar-refractivity contribution in [2.45, 2.75) is 57.1 Å². The molecule has 2 fully saturated rings. The summed E-state index contributed by atoms with van der Waals surface area (Å²) in [7, 11) is -3.54. The summed E-state index contributed by atoms with van der Waals surface area (Å²) in [5.74, 6) is 1.31. The van der Waals surface area contributed by atoms with Gasteiger partial charge in [0.25, 0.3) is 0 Å². The number of carbonyl (C=O) groups excluding carboxylic acids is 1. The summed E-state index contributed by atoms with van der Waals surface area (Å²) >= 11 is 0. The third-order valence-corrected chi connectivity index (χ3v) is 9.64. The van der Waals surface area contributed by atoms with Crippen LogP contribution in [-0.2, 0) is 27.8 Å². The molecule has 10 nitrogen and oxygen atoms in total. The molecule has 0 atom stereocenters. The fourth-order valence-corrected chi connectivity index (χ4v) is 7.24. The van der Waals surface area contributed by atoms with Crippen LogP contribution in [0.5, 0.6) is 5.75 Å². The van der Waals surface area contributed by atoms with Crippen molar-refractivity contribution in [3.63, 3.8) is 0 Å². The van der Waals surface area contributed by atoms with Crippen LogP contribution in [0.2, 0.25) is 0 Å². The van der Waals surface area contributed by atoms with Crippen LogP contribution >= 0.6 is 0 Å². The van der Waals surface area contributed by atoms with Crippen molar-refractivity contribution >= 4 is 32.8 Å². The first-order chi connectivity index (χ1) is 18.8. The number of hydrogen-bond acceptors (Lipinski definition) is 7. The molecule has 1 saturated carbocycles. The number of sulfonamides is 1. The normalized spacial score (nSPS) is 21.3. The van der Waals surface area contributed by atoms with E-state index < -0.39 is 21.4 Å². The molecule has 2 aliphatic heterocycles. The summed E-state index contributed by atoms with van der Waals surface area (Å²) < 4.78 is 40.3. The summed E-state index contributed by atoms with van der Waals surface area (Å²) in [5.41, 5.74) is 3.78. The Bertz CT molecular complexity index is 1450. The molecule has 0 radical (unpaired) electrons. The molecule has 2 N–H and O–H groups in total. The molecule has 3 aliphatic rings. The van der Waals surface area contributed by atoms with Crippen LogP contribution < -0.4 is 14.4 Å². The Kier molecular flexibility index (Phi) is 6.88. The van der Waals surface area contributed by atoms with Crippen molar-refractivity contribution in [1.82, 2.24) is 19.6 Å². The van der Waals surface area contributed by atoms with E-state index in [1.807, 2.05) is 42.6 Å². The van der Waals surface area contributed by atoms with Crippen LogP contribution in [-0.4, -0.2) is 73.0 Å². The molecule has 208 valence electrons. The molecule has 0 unspecified atom stereocenters. The first-order valence-corrected chi connectivity index (χ1v) is 15.2. The topological polar surface area (TPSA) is 117 Å². The number of rotatable bonds is 8. The van der Waals surface area contributed by atoms with E-state index in [9.17, 15) is 13.2 Å². The van der Waals surface area contributed by atoms with E-state index >= 15 is 0 Å². The van der Waals surface area contributed by atoms with E-state index in [2.05, 4.69) is 28.5 Å². The van der Waals surface area contributed by atoms with Crippen LogP contribution in [0.1, 0.15) is 37.9 Å². The van der Waals surface area contributed by atoms with E-state index in [4.69, 9.17) is 14.5 Å². The highest BCUT2D eigenvalue weighted by molar-refractivity contribution is 7.90. The molecule has 0 spiro atoms. The average molecular weight is 554 g/mol. The standard InChI is InChI=1S/C28H35N5O5S/c1-18(2)12-24-26-25(23-8-9-29-27(23)30-24)33(10-11-37-26)21-13-20(14-21)31-39(35,36)22-15-32(16-22)28(34)38-17-19-6-4-3-5-7-19/h3-9,18,20-22,31H,10-17H2,1-2H3,(H,29,30)/t20-,21+. The van der Waals surface area contributed by atoms with Gasteiger partial charge in [0.15, 0.2) is 5.75 Å². The molecule has 3 aromatic rings. The number of aromatic amines is 1. The SMILES string of the molecule is CC(C)Cc1nc2[nH]ccc2c2c1OCCN2[C@H]1C[C@@H](NS(=O)(=O)C2CN(C(=O)OCc3ccccc3)C2)C1. The van der Waals surface area contributed by atoms with Gasteiger partial charge in [-0.05, 0) is 36.8 Å². The van der Waals surface area contributed by atoms with Crippen molar-refractivity contribution in [2.24, 2.45) is 5.92 Å². The number of aromatic nitrogens is 2. The molecular formula is C28H35N5O5S. The molecule has 0 bridgehead atoms. The smallest absolute Gasteiger partial charge is 0.410 e. The number of nitrogens with one attached hydrogen (secondary N) is 2. The number of nitrogens with zero attached hydrogens (tertiary/aromatic N) is 3. The number of likely N-dealkylation sites (tertiary alicyclic amines) is 1. The van der Waals surface area contributed by atoms with Gasteiger partial charge in [0.2, 0.25) is 10.0 Å². The maximum Gasteiger partial charge on any atom is 0.410 e. The molecule has 2 aromatic heterocycles. The molecule has 1 saturated heterocycles. The number of H-pyrrole nitrogens is 1. The van der Waals surface area contributed by atoms with E-state index in [1.54, 1.807) is 0 Å². The van der Waals surface area contributed by atoms with Gasteiger partial charge < -0.3 is 24.3 Å². The zero-order chi connectivity index (χ0) is 27.1. The lowest BCUT2D eigenvalue weighted by molar-refractivity contribution is 0.0765. The van der Waals surface area contributed by atoms with Crippen molar-refractivity contribution in [3.05, 3.63) is 53.9 Å². The fraction of sp³-hybridized carbons (Fsp3) is 0.500. The summed E-state index contributed by atoms with van der Waals surface area (Å²) in [6, 6.07) is 11.6. The largest absolute Gasteiger partial charge is 0.488 e. The van der Waals surface area contributed by atoms with Crippen LogP contribution in [0.15, 0.2) is 42.6 Å².